The first-order valence-corrected chi connectivity index (χ1v) is 10.1. The molecule has 0 bridgehead atoms. The van der Waals surface area contributed by atoms with Gasteiger partial charge in [-0.2, -0.15) is 0 Å². The topological polar surface area (TPSA) is 59.1 Å². The monoisotopic (exact) mass is 356 g/mol. The average molecular weight is 356 g/mol. The van der Waals surface area contributed by atoms with Gasteiger partial charge in [0.05, 0.1) is 15.2 Å². The van der Waals surface area contributed by atoms with Crippen molar-refractivity contribution in [2.45, 2.75) is 23.7 Å². The van der Waals surface area contributed by atoms with E-state index in [1.165, 1.54) is 17.8 Å². The average Bonchev–Trinajstić information content (AvgIpc) is 3.34. The fraction of sp³-hybridized carbons (Fsp3) is 0.222. The minimum absolute atomic E-state index is 0.172. The zero-order chi connectivity index (χ0) is 16.7. The molecule has 1 aliphatic rings. The number of thiazole rings is 1. The molecule has 4 nitrogen and oxygen atoms in total. The predicted octanol–water partition coefficient (Wildman–Crippen LogP) is 4.16. The SMILES string of the molecule is C[S@](=O)c1ccc(C(=O)Nc2ccc3nc(C4CC4)sc3c2)cc1. The molecule has 0 spiro atoms. The Labute approximate surface area is 146 Å². The molecule has 1 saturated carbocycles. The van der Waals surface area contributed by atoms with Crippen molar-refractivity contribution in [2.75, 3.05) is 11.6 Å². The van der Waals surface area contributed by atoms with Crippen molar-refractivity contribution in [1.82, 2.24) is 4.98 Å². The molecule has 0 saturated heterocycles. The number of benzene rings is 2. The number of nitrogens with one attached hydrogen (secondary N) is 1. The van der Waals surface area contributed by atoms with Gasteiger partial charge in [-0.25, -0.2) is 4.98 Å². The van der Waals surface area contributed by atoms with Crippen LogP contribution in [0.2, 0.25) is 0 Å². The zero-order valence-corrected chi connectivity index (χ0v) is 14.7. The lowest BCUT2D eigenvalue weighted by molar-refractivity contribution is 0.102. The van der Waals surface area contributed by atoms with Gasteiger partial charge in [0.25, 0.3) is 5.91 Å². The molecule has 1 heterocycles. The lowest BCUT2D eigenvalue weighted by Gasteiger charge is -2.05. The van der Waals surface area contributed by atoms with E-state index in [2.05, 4.69) is 10.3 Å². The van der Waals surface area contributed by atoms with Crippen LogP contribution in [-0.2, 0) is 10.8 Å². The van der Waals surface area contributed by atoms with Gasteiger partial charge in [0, 0.05) is 39.1 Å². The van der Waals surface area contributed by atoms with Crippen LogP contribution in [0.5, 0.6) is 0 Å². The van der Waals surface area contributed by atoms with Gasteiger partial charge in [0.15, 0.2) is 0 Å². The minimum atomic E-state index is -1.04. The number of rotatable bonds is 4. The van der Waals surface area contributed by atoms with Gasteiger partial charge in [-0.3, -0.25) is 9.00 Å². The second-order valence-corrected chi connectivity index (χ2v) is 8.38. The fourth-order valence-electron chi connectivity index (χ4n) is 2.53. The molecule has 0 unspecified atom stereocenters. The smallest absolute Gasteiger partial charge is 0.255 e. The van der Waals surface area contributed by atoms with Crippen LogP contribution in [0.15, 0.2) is 47.4 Å². The molecule has 6 heteroatoms. The molecule has 0 aliphatic heterocycles. The summed E-state index contributed by atoms with van der Waals surface area (Å²) in [6.07, 6.45) is 4.10. The molecule has 1 fully saturated rings. The number of hydrogen-bond acceptors (Lipinski definition) is 4. The van der Waals surface area contributed by atoms with Crippen LogP contribution >= 0.6 is 11.3 Å². The summed E-state index contributed by atoms with van der Waals surface area (Å²) in [6, 6.07) is 12.7. The van der Waals surface area contributed by atoms with E-state index >= 15 is 0 Å². The Kier molecular flexibility index (Phi) is 3.94. The number of aromatic nitrogens is 1. The molecular formula is C18H16N2O2S2. The molecule has 1 atom stereocenters. The Morgan fingerprint density at radius 3 is 2.62 bits per heavy atom. The molecule has 122 valence electrons. The highest BCUT2D eigenvalue weighted by molar-refractivity contribution is 7.84. The Bertz CT molecular complexity index is 943. The van der Waals surface area contributed by atoms with Crippen LogP contribution in [0.3, 0.4) is 0 Å². The van der Waals surface area contributed by atoms with Gasteiger partial charge >= 0.3 is 0 Å². The third-order valence-corrected chi connectivity index (χ3v) is 6.15. The third-order valence-electron chi connectivity index (χ3n) is 4.04. The molecule has 2 aromatic carbocycles. The molecule has 1 aliphatic carbocycles. The quantitative estimate of drug-likeness (QED) is 0.763. The molecule has 3 aromatic rings. The van der Waals surface area contributed by atoms with Crippen LogP contribution < -0.4 is 5.32 Å². The standard InChI is InChI=1S/C18H16N2O2S2/c1-24(22)14-7-4-11(5-8-14)17(21)19-13-6-9-15-16(10-13)23-18(20-15)12-2-3-12/h4-10,12H,2-3H2,1H3,(H,19,21)/t24-/m0/s1. The van der Waals surface area contributed by atoms with Crippen molar-refractivity contribution in [1.29, 1.82) is 0 Å². The first-order valence-electron chi connectivity index (χ1n) is 7.75. The lowest BCUT2D eigenvalue weighted by atomic mass is 10.2. The summed E-state index contributed by atoms with van der Waals surface area (Å²) < 4.78 is 12.5. The number of anilines is 1. The van der Waals surface area contributed by atoms with Crippen molar-refractivity contribution in [3.8, 4) is 0 Å². The third kappa shape index (κ3) is 3.12. The van der Waals surface area contributed by atoms with Crippen molar-refractivity contribution < 1.29 is 9.00 Å². The van der Waals surface area contributed by atoms with Crippen LogP contribution in [0, 0.1) is 0 Å². The Morgan fingerprint density at radius 2 is 1.96 bits per heavy atom. The Hall–Kier alpha value is -2.05. The van der Waals surface area contributed by atoms with Gasteiger partial charge < -0.3 is 5.32 Å². The summed E-state index contributed by atoms with van der Waals surface area (Å²) in [7, 11) is -1.04. The first-order chi connectivity index (χ1) is 11.6. The molecule has 4 rings (SSSR count). The number of fused-ring (bicyclic) bond motifs is 1. The number of amides is 1. The molecule has 1 N–H and O–H groups in total. The maximum Gasteiger partial charge on any atom is 0.255 e. The highest BCUT2D eigenvalue weighted by Crippen LogP contribution is 2.43. The Balaban J connectivity index is 1.54. The van der Waals surface area contributed by atoms with Gasteiger partial charge in [0.2, 0.25) is 0 Å². The highest BCUT2D eigenvalue weighted by Gasteiger charge is 2.27. The first kappa shape index (κ1) is 15.5. The second-order valence-electron chi connectivity index (χ2n) is 5.94. The summed E-state index contributed by atoms with van der Waals surface area (Å²) in [5.41, 5.74) is 2.31. The van der Waals surface area contributed by atoms with Gasteiger partial charge in [-0.15, -0.1) is 11.3 Å². The van der Waals surface area contributed by atoms with E-state index in [-0.39, 0.29) is 5.91 Å². The molecule has 1 aromatic heterocycles. The lowest BCUT2D eigenvalue weighted by Crippen LogP contribution is -2.11. The van der Waals surface area contributed by atoms with Crippen molar-refractivity contribution in [3.05, 3.63) is 53.0 Å². The summed E-state index contributed by atoms with van der Waals surface area (Å²) in [6.45, 7) is 0. The summed E-state index contributed by atoms with van der Waals surface area (Å²) in [5, 5.41) is 4.12. The van der Waals surface area contributed by atoms with Crippen molar-refractivity contribution >= 4 is 43.9 Å². The molecule has 0 radical (unpaired) electrons. The number of nitrogens with zero attached hydrogens (tertiary/aromatic N) is 1. The van der Waals surface area contributed by atoms with Gasteiger partial charge in [-0.1, -0.05) is 0 Å². The zero-order valence-electron chi connectivity index (χ0n) is 13.1. The predicted molar refractivity (Wildman–Crippen MR) is 98.3 cm³/mol. The number of carbonyl (C=O) groups excluding carboxylic acids is 1. The normalized spacial score (nSPS) is 15.4. The van der Waals surface area contributed by atoms with Crippen LogP contribution in [0.1, 0.15) is 34.1 Å². The number of hydrogen-bond donors (Lipinski definition) is 1. The van der Waals surface area contributed by atoms with E-state index in [4.69, 9.17) is 0 Å². The maximum absolute atomic E-state index is 12.4. The molecular weight excluding hydrogens is 340 g/mol. The maximum atomic E-state index is 12.4. The van der Waals surface area contributed by atoms with E-state index in [0.717, 1.165) is 15.9 Å². The van der Waals surface area contributed by atoms with E-state index in [0.29, 0.717) is 16.4 Å². The Morgan fingerprint density at radius 1 is 1.21 bits per heavy atom. The summed E-state index contributed by atoms with van der Waals surface area (Å²) in [4.78, 5) is 17.7. The minimum Gasteiger partial charge on any atom is -0.322 e. The molecule has 1 amide bonds. The van der Waals surface area contributed by atoms with Gasteiger partial charge in [0.1, 0.15) is 0 Å². The largest absolute Gasteiger partial charge is 0.322 e. The number of carbonyl (C=O) groups is 1. The highest BCUT2D eigenvalue weighted by atomic mass is 32.2. The molecule has 24 heavy (non-hydrogen) atoms. The van der Waals surface area contributed by atoms with Crippen molar-refractivity contribution in [2.24, 2.45) is 0 Å². The van der Waals surface area contributed by atoms with E-state index in [9.17, 15) is 9.00 Å². The van der Waals surface area contributed by atoms with Crippen LogP contribution in [0.4, 0.5) is 5.69 Å². The fourth-order valence-corrected chi connectivity index (χ4v) is 4.22. The van der Waals surface area contributed by atoms with Gasteiger partial charge in [-0.05, 0) is 55.3 Å². The van der Waals surface area contributed by atoms with E-state index in [1.807, 2.05) is 18.2 Å². The second kappa shape index (κ2) is 6.11. The van der Waals surface area contributed by atoms with Crippen LogP contribution in [0.25, 0.3) is 10.2 Å². The van der Waals surface area contributed by atoms with Crippen LogP contribution in [-0.4, -0.2) is 21.4 Å². The summed E-state index contributed by atoms with van der Waals surface area (Å²) in [5.74, 6) is 0.470. The van der Waals surface area contributed by atoms with Crippen molar-refractivity contribution in [3.63, 3.8) is 0 Å². The van der Waals surface area contributed by atoms with E-state index < -0.39 is 10.8 Å². The van der Waals surface area contributed by atoms with E-state index in [1.54, 1.807) is 41.9 Å². The summed E-state index contributed by atoms with van der Waals surface area (Å²) >= 11 is 1.71.